The smallest absolute Gasteiger partial charge is 0.207 e. The summed E-state index contributed by atoms with van der Waals surface area (Å²) in [5.41, 5.74) is 0. The Bertz CT molecular complexity index is 317. The number of rotatable bonds is 6. The fourth-order valence-electron chi connectivity index (χ4n) is 3.65. The van der Waals surface area contributed by atoms with E-state index in [1.807, 2.05) is 0 Å². The van der Waals surface area contributed by atoms with E-state index in [0.717, 1.165) is 37.3 Å². The van der Waals surface area contributed by atoms with Gasteiger partial charge in [0.1, 0.15) is 0 Å². The molecule has 0 aromatic carbocycles. The quantitative estimate of drug-likeness (QED) is 0.595. The average Bonchev–Trinajstić information content (AvgIpc) is 2.56. The van der Waals surface area contributed by atoms with Crippen LogP contribution >= 0.6 is 0 Å². The summed E-state index contributed by atoms with van der Waals surface area (Å²) in [6.07, 6.45) is 7.32. The topological polar surface area (TPSA) is 35.6 Å². The van der Waals surface area contributed by atoms with Crippen LogP contribution in [-0.4, -0.2) is 61.0 Å². The van der Waals surface area contributed by atoms with Gasteiger partial charge in [0.2, 0.25) is 6.41 Å². The first kappa shape index (κ1) is 21.4. The van der Waals surface area contributed by atoms with Crippen molar-refractivity contribution < 1.29 is 4.79 Å². The van der Waals surface area contributed by atoms with Crippen LogP contribution in [0.3, 0.4) is 0 Å². The highest BCUT2D eigenvalue weighted by molar-refractivity contribution is 5.45. The SMILES string of the molecule is CC(C)N1CCC(CCNC=O)CC1.CC1CCN(C(C)C)CC1. The minimum atomic E-state index is 0.684. The molecule has 4 nitrogen and oxygen atoms in total. The molecule has 0 atom stereocenters. The molecule has 0 saturated carbocycles. The van der Waals surface area contributed by atoms with Crippen LogP contribution in [0.4, 0.5) is 0 Å². The second kappa shape index (κ2) is 11.9. The molecule has 2 aliphatic rings. The molecule has 2 aliphatic heterocycles. The summed E-state index contributed by atoms with van der Waals surface area (Å²) in [4.78, 5) is 15.2. The van der Waals surface area contributed by atoms with E-state index in [1.165, 1.54) is 51.9 Å². The van der Waals surface area contributed by atoms with E-state index in [-0.39, 0.29) is 0 Å². The monoisotopic (exact) mass is 339 g/mol. The van der Waals surface area contributed by atoms with Crippen LogP contribution in [-0.2, 0) is 4.79 Å². The predicted octanol–water partition coefficient (Wildman–Crippen LogP) is 3.37. The Labute approximate surface area is 150 Å². The molecule has 1 amide bonds. The third kappa shape index (κ3) is 8.48. The van der Waals surface area contributed by atoms with Gasteiger partial charge in [-0.25, -0.2) is 0 Å². The molecular formula is C20H41N3O. The number of hydrogen-bond acceptors (Lipinski definition) is 3. The number of nitrogens with one attached hydrogen (secondary N) is 1. The molecule has 0 aliphatic carbocycles. The molecule has 0 spiro atoms. The summed E-state index contributed by atoms with van der Waals surface area (Å²) < 4.78 is 0. The lowest BCUT2D eigenvalue weighted by atomic mass is 9.93. The van der Waals surface area contributed by atoms with Crippen LogP contribution in [0, 0.1) is 11.8 Å². The zero-order valence-electron chi connectivity index (χ0n) is 16.8. The van der Waals surface area contributed by atoms with Gasteiger partial charge in [0.15, 0.2) is 0 Å². The van der Waals surface area contributed by atoms with Crippen LogP contribution in [0.15, 0.2) is 0 Å². The second-order valence-corrected chi connectivity index (χ2v) is 8.25. The number of nitrogens with zero attached hydrogens (tertiary/aromatic N) is 2. The molecule has 2 fully saturated rings. The third-order valence-electron chi connectivity index (χ3n) is 5.71. The minimum Gasteiger partial charge on any atom is -0.359 e. The molecular weight excluding hydrogens is 298 g/mol. The van der Waals surface area contributed by atoms with Crippen molar-refractivity contribution in [3.8, 4) is 0 Å². The van der Waals surface area contributed by atoms with E-state index < -0.39 is 0 Å². The number of piperidine rings is 2. The first-order valence-corrected chi connectivity index (χ1v) is 10.1. The summed E-state index contributed by atoms with van der Waals surface area (Å²) >= 11 is 0. The Balaban J connectivity index is 0.000000254. The van der Waals surface area contributed by atoms with Crippen molar-refractivity contribution in [1.29, 1.82) is 0 Å². The van der Waals surface area contributed by atoms with Crippen LogP contribution in [0.5, 0.6) is 0 Å². The number of hydrogen-bond donors (Lipinski definition) is 1. The van der Waals surface area contributed by atoms with Crippen molar-refractivity contribution in [2.24, 2.45) is 11.8 Å². The van der Waals surface area contributed by atoms with E-state index >= 15 is 0 Å². The number of carbonyl (C=O) groups is 1. The maximum atomic E-state index is 10.1. The molecule has 24 heavy (non-hydrogen) atoms. The summed E-state index contributed by atoms with van der Waals surface area (Å²) in [5, 5.41) is 2.74. The van der Waals surface area contributed by atoms with Crippen molar-refractivity contribution in [3.05, 3.63) is 0 Å². The number of carbonyl (C=O) groups excluding carboxylic acids is 1. The summed E-state index contributed by atoms with van der Waals surface area (Å²) in [6, 6.07) is 1.44. The molecule has 2 rings (SSSR count). The van der Waals surface area contributed by atoms with Crippen LogP contribution in [0.2, 0.25) is 0 Å². The molecule has 0 radical (unpaired) electrons. The first-order valence-electron chi connectivity index (χ1n) is 10.1. The van der Waals surface area contributed by atoms with Gasteiger partial charge in [-0.3, -0.25) is 4.79 Å². The van der Waals surface area contributed by atoms with Gasteiger partial charge in [-0.05, 0) is 97.8 Å². The summed E-state index contributed by atoms with van der Waals surface area (Å²) in [5.74, 6) is 1.78. The molecule has 0 bridgehead atoms. The zero-order chi connectivity index (χ0) is 17.9. The van der Waals surface area contributed by atoms with Crippen molar-refractivity contribution in [1.82, 2.24) is 15.1 Å². The summed E-state index contributed by atoms with van der Waals surface area (Å²) in [6.45, 7) is 17.4. The maximum Gasteiger partial charge on any atom is 0.207 e. The van der Waals surface area contributed by atoms with E-state index in [4.69, 9.17) is 0 Å². The van der Waals surface area contributed by atoms with Crippen molar-refractivity contribution in [2.45, 2.75) is 78.8 Å². The largest absolute Gasteiger partial charge is 0.359 e. The molecule has 2 heterocycles. The maximum absolute atomic E-state index is 10.1. The van der Waals surface area contributed by atoms with E-state index in [9.17, 15) is 4.79 Å². The van der Waals surface area contributed by atoms with Crippen molar-refractivity contribution >= 4 is 6.41 Å². The van der Waals surface area contributed by atoms with Gasteiger partial charge >= 0.3 is 0 Å². The molecule has 4 heteroatoms. The zero-order valence-corrected chi connectivity index (χ0v) is 16.8. The Morgan fingerprint density at radius 2 is 1.38 bits per heavy atom. The van der Waals surface area contributed by atoms with Gasteiger partial charge < -0.3 is 15.1 Å². The number of amides is 1. The van der Waals surface area contributed by atoms with Gasteiger partial charge in [-0.2, -0.15) is 0 Å². The van der Waals surface area contributed by atoms with Gasteiger partial charge in [-0.15, -0.1) is 0 Å². The first-order chi connectivity index (χ1) is 11.4. The van der Waals surface area contributed by atoms with Gasteiger partial charge in [-0.1, -0.05) is 6.92 Å². The average molecular weight is 340 g/mol. The highest BCUT2D eigenvalue weighted by Gasteiger charge is 2.20. The van der Waals surface area contributed by atoms with E-state index in [2.05, 4.69) is 49.7 Å². The minimum absolute atomic E-state index is 0.684. The molecule has 142 valence electrons. The molecule has 0 unspecified atom stereocenters. The Morgan fingerprint density at radius 1 is 0.917 bits per heavy atom. The lowest BCUT2D eigenvalue weighted by Crippen LogP contribution is -2.38. The van der Waals surface area contributed by atoms with E-state index in [0.29, 0.717) is 6.04 Å². The molecule has 1 N–H and O–H groups in total. The predicted molar refractivity (Wildman–Crippen MR) is 103 cm³/mol. The molecule has 2 saturated heterocycles. The van der Waals surface area contributed by atoms with Crippen LogP contribution in [0.25, 0.3) is 0 Å². The second-order valence-electron chi connectivity index (χ2n) is 8.25. The van der Waals surface area contributed by atoms with Crippen LogP contribution in [0.1, 0.15) is 66.7 Å². The van der Waals surface area contributed by atoms with E-state index in [1.54, 1.807) is 0 Å². The normalized spacial score (nSPS) is 21.6. The highest BCUT2D eigenvalue weighted by atomic mass is 16.1. The fourth-order valence-corrected chi connectivity index (χ4v) is 3.65. The molecule has 0 aromatic heterocycles. The molecule has 0 aromatic rings. The highest BCUT2D eigenvalue weighted by Crippen LogP contribution is 2.21. The Hall–Kier alpha value is -0.610. The number of likely N-dealkylation sites (tertiary alicyclic amines) is 2. The fraction of sp³-hybridized carbons (Fsp3) is 0.950. The lowest BCUT2D eigenvalue weighted by molar-refractivity contribution is -0.109. The Kier molecular flexibility index (Phi) is 10.6. The van der Waals surface area contributed by atoms with Gasteiger partial charge in [0.25, 0.3) is 0 Å². The van der Waals surface area contributed by atoms with Gasteiger partial charge in [0, 0.05) is 18.6 Å². The summed E-state index contributed by atoms with van der Waals surface area (Å²) in [7, 11) is 0. The van der Waals surface area contributed by atoms with Crippen molar-refractivity contribution in [2.75, 3.05) is 32.7 Å². The van der Waals surface area contributed by atoms with Crippen LogP contribution < -0.4 is 5.32 Å². The standard InChI is InChI=1S/C11H22N2O.C9H19N/c1-10(2)13-7-4-11(5-8-13)3-6-12-9-14;1-8(2)10-6-4-9(3)5-7-10/h9-11H,3-8H2,1-2H3,(H,12,14);8-9H,4-7H2,1-3H3. The van der Waals surface area contributed by atoms with Crippen molar-refractivity contribution in [3.63, 3.8) is 0 Å². The lowest BCUT2D eigenvalue weighted by Gasteiger charge is -2.34. The third-order valence-corrected chi connectivity index (χ3v) is 5.71. The van der Waals surface area contributed by atoms with Gasteiger partial charge in [0.05, 0.1) is 0 Å². The Morgan fingerprint density at radius 3 is 1.79 bits per heavy atom.